The Hall–Kier alpha value is -2.42. The zero-order valence-electron chi connectivity index (χ0n) is 14.7. The molecule has 2 aromatic rings. The molecule has 25 heavy (non-hydrogen) atoms. The zero-order chi connectivity index (χ0) is 17.6. The van der Waals surface area contributed by atoms with Gasteiger partial charge < -0.3 is 0 Å². The molecule has 2 aromatic carbocycles. The molecule has 3 heteroatoms. The summed E-state index contributed by atoms with van der Waals surface area (Å²) in [6.45, 7) is 3.95. The van der Waals surface area contributed by atoms with Gasteiger partial charge in [0.1, 0.15) is 0 Å². The van der Waals surface area contributed by atoms with Crippen molar-refractivity contribution in [2.45, 2.75) is 39.0 Å². The monoisotopic (exact) mass is 333 g/mol. The number of carbonyl (C=O) groups excluding carboxylic acids is 2. The Morgan fingerprint density at radius 1 is 0.880 bits per heavy atom. The summed E-state index contributed by atoms with van der Waals surface area (Å²) in [6.07, 6.45) is 2.56. The van der Waals surface area contributed by atoms with Crippen LogP contribution in [0.25, 0.3) is 0 Å². The molecule has 0 aromatic heterocycles. The highest BCUT2D eigenvalue weighted by Gasteiger charge is 2.50. The fourth-order valence-corrected chi connectivity index (χ4v) is 4.41. The molecule has 1 saturated heterocycles. The van der Waals surface area contributed by atoms with E-state index < -0.39 is 0 Å². The Bertz CT molecular complexity index is 827. The van der Waals surface area contributed by atoms with Crippen LogP contribution in [0.1, 0.15) is 41.9 Å². The highest BCUT2D eigenvalue weighted by Crippen LogP contribution is 2.46. The normalized spacial score (nSPS) is 26.0. The van der Waals surface area contributed by atoms with E-state index in [1.54, 1.807) is 0 Å². The summed E-state index contributed by atoms with van der Waals surface area (Å²) in [5.41, 5.74) is 4.09. The van der Waals surface area contributed by atoms with Crippen molar-refractivity contribution in [2.24, 2.45) is 11.8 Å². The molecule has 0 N–H and O–H groups in total. The highest BCUT2D eigenvalue weighted by molar-refractivity contribution is 6.22. The molecule has 1 aliphatic heterocycles. The average Bonchev–Trinajstić information content (AvgIpc) is 2.88. The van der Waals surface area contributed by atoms with Crippen LogP contribution in [0, 0.1) is 25.7 Å². The molecule has 1 heterocycles. The lowest BCUT2D eigenvalue weighted by Crippen LogP contribution is -2.31. The molecule has 1 aliphatic carbocycles. The summed E-state index contributed by atoms with van der Waals surface area (Å²) in [7, 11) is 0. The summed E-state index contributed by atoms with van der Waals surface area (Å²) >= 11 is 0. The maximum Gasteiger partial charge on any atom is 0.237 e. The van der Waals surface area contributed by atoms with E-state index in [1.165, 1.54) is 10.5 Å². The van der Waals surface area contributed by atoms with Gasteiger partial charge in [0.2, 0.25) is 11.8 Å². The van der Waals surface area contributed by atoms with Crippen LogP contribution in [0.15, 0.2) is 48.5 Å². The molecule has 2 amide bonds. The minimum atomic E-state index is -0.175. The summed E-state index contributed by atoms with van der Waals surface area (Å²) < 4.78 is 0. The molecule has 4 rings (SSSR count). The second-order valence-electron chi connectivity index (χ2n) is 7.44. The molecular formula is C22H23NO2. The molecule has 0 unspecified atom stereocenters. The van der Waals surface area contributed by atoms with Gasteiger partial charge in [0, 0.05) is 0 Å². The van der Waals surface area contributed by atoms with Crippen LogP contribution in [-0.4, -0.2) is 11.8 Å². The van der Waals surface area contributed by atoms with Gasteiger partial charge in [-0.05, 0) is 61.8 Å². The number of carbonyl (C=O) groups is 2. The van der Waals surface area contributed by atoms with Gasteiger partial charge in [-0.1, -0.05) is 42.5 Å². The van der Waals surface area contributed by atoms with Crippen molar-refractivity contribution in [3.63, 3.8) is 0 Å². The number of imide groups is 1. The first-order valence-corrected chi connectivity index (χ1v) is 9.06. The first-order chi connectivity index (χ1) is 12.1. The topological polar surface area (TPSA) is 37.4 Å². The predicted molar refractivity (Wildman–Crippen MR) is 98.4 cm³/mol. The van der Waals surface area contributed by atoms with E-state index >= 15 is 0 Å². The number of aryl methyl sites for hydroxylation is 2. The van der Waals surface area contributed by atoms with Crippen LogP contribution >= 0.6 is 0 Å². The Balaban J connectivity index is 1.64. The van der Waals surface area contributed by atoms with Gasteiger partial charge in [0.05, 0.1) is 17.5 Å². The van der Waals surface area contributed by atoms with E-state index in [1.807, 2.05) is 50.2 Å². The van der Waals surface area contributed by atoms with Crippen LogP contribution in [0.2, 0.25) is 0 Å². The number of hydrogen-bond acceptors (Lipinski definition) is 2. The van der Waals surface area contributed by atoms with E-state index in [-0.39, 0.29) is 23.7 Å². The average molecular weight is 333 g/mol. The third-order valence-electron chi connectivity index (χ3n) is 5.80. The molecule has 1 saturated carbocycles. The zero-order valence-corrected chi connectivity index (χ0v) is 14.7. The van der Waals surface area contributed by atoms with Gasteiger partial charge in [-0.3, -0.25) is 9.59 Å². The molecule has 0 spiro atoms. The fourth-order valence-electron chi connectivity index (χ4n) is 4.41. The second kappa shape index (κ2) is 6.14. The van der Waals surface area contributed by atoms with E-state index in [2.05, 4.69) is 12.1 Å². The minimum absolute atomic E-state index is 0.00443. The summed E-state index contributed by atoms with van der Waals surface area (Å²) in [5, 5.41) is 0. The van der Waals surface area contributed by atoms with Crippen LogP contribution in [-0.2, 0) is 9.59 Å². The number of hydrogen-bond donors (Lipinski definition) is 0. The van der Waals surface area contributed by atoms with Crippen molar-refractivity contribution in [3.05, 3.63) is 65.2 Å². The number of anilines is 1. The molecule has 2 aliphatic rings. The lowest BCUT2D eigenvalue weighted by Gasteiger charge is -2.28. The van der Waals surface area contributed by atoms with Crippen molar-refractivity contribution in [1.82, 2.24) is 0 Å². The molecule has 0 radical (unpaired) electrons. The Morgan fingerprint density at radius 3 is 2.36 bits per heavy atom. The van der Waals surface area contributed by atoms with Crippen LogP contribution in [0.3, 0.4) is 0 Å². The minimum Gasteiger partial charge on any atom is -0.274 e. The van der Waals surface area contributed by atoms with Gasteiger partial charge >= 0.3 is 0 Å². The standard InChI is InChI=1S/C22H23NO2/c1-14-8-9-15(2)20(12-14)23-21(24)18-11-10-17(13-19(18)22(23)25)16-6-4-3-5-7-16/h3-9,12,17-19H,10-11,13H2,1-2H3/t17-,18+,19+/m0/s1. The summed E-state index contributed by atoms with van der Waals surface area (Å²) in [6, 6.07) is 16.3. The van der Waals surface area contributed by atoms with E-state index in [9.17, 15) is 9.59 Å². The maximum atomic E-state index is 13.1. The molecule has 128 valence electrons. The number of nitrogens with zero attached hydrogens (tertiary/aromatic N) is 1. The number of amides is 2. The summed E-state index contributed by atoms with van der Waals surface area (Å²) in [4.78, 5) is 27.5. The highest BCUT2D eigenvalue weighted by atomic mass is 16.2. The van der Waals surface area contributed by atoms with E-state index in [0.717, 1.165) is 36.1 Å². The molecule has 2 fully saturated rings. The van der Waals surface area contributed by atoms with Crippen LogP contribution < -0.4 is 4.90 Å². The van der Waals surface area contributed by atoms with Gasteiger partial charge in [0.15, 0.2) is 0 Å². The smallest absolute Gasteiger partial charge is 0.237 e. The Morgan fingerprint density at radius 2 is 1.60 bits per heavy atom. The predicted octanol–water partition coefficient (Wildman–Crippen LogP) is 4.38. The summed E-state index contributed by atoms with van der Waals surface area (Å²) in [5.74, 6) is 0.0380. The maximum absolute atomic E-state index is 13.1. The second-order valence-corrected chi connectivity index (χ2v) is 7.44. The molecule has 3 nitrogen and oxygen atoms in total. The van der Waals surface area contributed by atoms with Gasteiger partial charge in [-0.2, -0.15) is 0 Å². The van der Waals surface area contributed by atoms with Crippen molar-refractivity contribution >= 4 is 17.5 Å². The first kappa shape index (κ1) is 16.1. The van der Waals surface area contributed by atoms with Crippen molar-refractivity contribution < 1.29 is 9.59 Å². The third-order valence-corrected chi connectivity index (χ3v) is 5.80. The van der Waals surface area contributed by atoms with Gasteiger partial charge in [0.25, 0.3) is 0 Å². The largest absolute Gasteiger partial charge is 0.274 e. The Kier molecular flexibility index (Phi) is 3.95. The number of rotatable bonds is 2. The van der Waals surface area contributed by atoms with E-state index in [4.69, 9.17) is 0 Å². The molecule has 3 atom stereocenters. The quantitative estimate of drug-likeness (QED) is 0.765. The van der Waals surface area contributed by atoms with Crippen LogP contribution in [0.5, 0.6) is 0 Å². The first-order valence-electron chi connectivity index (χ1n) is 9.06. The van der Waals surface area contributed by atoms with Crippen molar-refractivity contribution in [3.8, 4) is 0 Å². The molecular weight excluding hydrogens is 310 g/mol. The van der Waals surface area contributed by atoms with Gasteiger partial charge in [-0.15, -0.1) is 0 Å². The Labute approximate surface area is 148 Å². The molecule has 0 bridgehead atoms. The van der Waals surface area contributed by atoms with Gasteiger partial charge in [-0.25, -0.2) is 4.90 Å². The number of benzene rings is 2. The fraction of sp³-hybridized carbons (Fsp3) is 0.364. The number of fused-ring (bicyclic) bond motifs is 1. The van der Waals surface area contributed by atoms with E-state index in [0.29, 0.717) is 5.92 Å². The van der Waals surface area contributed by atoms with Crippen LogP contribution in [0.4, 0.5) is 5.69 Å². The third kappa shape index (κ3) is 2.68. The van der Waals surface area contributed by atoms with Crippen molar-refractivity contribution in [1.29, 1.82) is 0 Å². The SMILES string of the molecule is Cc1ccc(C)c(N2C(=O)[C@@H]3CC[C@H](c4ccccc4)C[C@H]3C2=O)c1. The van der Waals surface area contributed by atoms with Crippen molar-refractivity contribution in [2.75, 3.05) is 4.90 Å². The lowest BCUT2D eigenvalue weighted by molar-refractivity contribution is -0.122. The lowest BCUT2D eigenvalue weighted by atomic mass is 9.73.